The van der Waals surface area contributed by atoms with Gasteiger partial charge in [0.1, 0.15) is 24.7 Å². The molecule has 0 bridgehead atoms. The van der Waals surface area contributed by atoms with Crippen LogP contribution in [0.15, 0.2) is 34.7 Å². The fraction of sp³-hybridized carbons (Fsp3) is 0.333. The number of amides is 3. The molecule has 1 aliphatic rings. The lowest BCUT2D eigenvalue weighted by Crippen LogP contribution is -2.40. The van der Waals surface area contributed by atoms with Gasteiger partial charge in [0.2, 0.25) is 5.91 Å². The largest absolute Gasteiger partial charge is 0.486 e. The van der Waals surface area contributed by atoms with E-state index in [4.69, 9.17) is 13.9 Å². The van der Waals surface area contributed by atoms with Crippen LogP contribution in [0.4, 0.5) is 10.5 Å². The van der Waals surface area contributed by atoms with Crippen LogP contribution in [0.2, 0.25) is 0 Å². The number of carbonyl (C=O) groups excluding carboxylic acids is 2. The van der Waals surface area contributed by atoms with Gasteiger partial charge < -0.3 is 19.2 Å². The number of nitrogens with zero attached hydrogens (tertiary/aromatic N) is 1. The Morgan fingerprint density at radius 2 is 1.88 bits per heavy atom. The predicted molar refractivity (Wildman–Crippen MR) is 94.4 cm³/mol. The summed E-state index contributed by atoms with van der Waals surface area (Å²) < 4.78 is 16.3. The molecule has 0 saturated heterocycles. The normalized spacial score (nSPS) is 12.7. The van der Waals surface area contributed by atoms with Crippen molar-refractivity contribution in [1.29, 1.82) is 0 Å². The molecule has 0 fully saturated rings. The lowest BCUT2D eigenvalue weighted by Gasteiger charge is -2.19. The molecular weight excluding hydrogens is 338 g/mol. The molecule has 2 N–H and O–H groups in total. The van der Waals surface area contributed by atoms with E-state index >= 15 is 0 Å². The smallest absolute Gasteiger partial charge is 0.325 e. The van der Waals surface area contributed by atoms with Gasteiger partial charge in [-0.2, -0.15) is 0 Å². The number of hydrogen-bond acceptors (Lipinski definition) is 6. The van der Waals surface area contributed by atoms with Crippen LogP contribution >= 0.6 is 0 Å². The maximum absolute atomic E-state index is 12.0. The number of anilines is 1. The van der Waals surface area contributed by atoms with Crippen LogP contribution in [0.3, 0.4) is 0 Å². The molecule has 8 nitrogen and oxygen atoms in total. The number of ether oxygens (including phenoxy) is 2. The maximum atomic E-state index is 12.0. The van der Waals surface area contributed by atoms with Crippen molar-refractivity contribution in [1.82, 2.24) is 10.2 Å². The summed E-state index contributed by atoms with van der Waals surface area (Å²) >= 11 is 0. The number of urea groups is 1. The summed E-state index contributed by atoms with van der Waals surface area (Å²) in [6.45, 7) is 3.36. The van der Waals surface area contributed by atoms with Crippen molar-refractivity contribution in [2.45, 2.75) is 13.5 Å². The molecule has 2 aromatic rings. The van der Waals surface area contributed by atoms with Gasteiger partial charge >= 0.3 is 6.03 Å². The summed E-state index contributed by atoms with van der Waals surface area (Å²) in [5, 5.41) is 4.90. The second-order valence-electron chi connectivity index (χ2n) is 6.05. The molecule has 1 aromatic heterocycles. The second-order valence-corrected chi connectivity index (χ2v) is 6.05. The number of aryl methyl sites for hydroxylation is 1. The first-order chi connectivity index (χ1) is 12.5. The Morgan fingerprint density at radius 1 is 1.12 bits per heavy atom. The molecule has 3 rings (SSSR count). The third-order valence-electron chi connectivity index (χ3n) is 3.69. The van der Waals surface area contributed by atoms with Gasteiger partial charge in [-0.1, -0.05) is 0 Å². The Balaban J connectivity index is 1.47. The van der Waals surface area contributed by atoms with Crippen LogP contribution in [0.1, 0.15) is 11.5 Å². The minimum Gasteiger partial charge on any atom is -0.486 e. The molecule has 0 aliphatic carbocycles. The standard InChI is InChI=1S/C18H21N3O5/c1-12-3-5-14(26-12)10-21(2)11-17(22)20-18(23)19-13-4-6-15-16(9-13)25-8-7-24-15/h3-6,9H,7-8,10-11H2,1-2H3,(H2,19,20,22,23). The minimum atomic E-state index is -0.603. The van der Waals surface area contributed by atoms with Crippen molar-refractivity contribution in [3.05, 3.63) is 41.9 Å². The zero-order valence-electron chi connectivity index (χ0n) is 14.7. The molecule has 0 unspecified atom stereocenters. The number of carbonyl (C=O) groups is 2. The fourth-order valence-electron chi connectivity index (χ4n) is 2.59. The molecule has 8 heteroatoms. The third-order valence-corrected chi connectivity index (χ3v) is 3.69. The average molecular weight is 359 g/mol. The number of imide groups is 1. The van der Waals surface area contributed by atoms with Crippen LogP contribution in [0, 0.1) is 6.92 Å². The monoisotopic (exact) mass is 359 g/mol. The van der Waals surface area contributed by atoms with Crippen LogP contribution in [-0.2, 0) is 11.3 Å². The van der Waals surface area contributed by atoms with Crippen molar-refractivity contribution in [2.75, 3.05) is 32.1 Å². The van der Waals surface area contributed by atoms with E-state index in [1.165, 1.54) is 0 Å². The highest BCUT2D eigenvalue weighted by Gasteiger charge is 2.15. The number of rotatable bonds is 5. The van der Waals surface area contributed by atoms with Gasteiger partial charge in [-0.15, -0.1) is 0 Å². The Labute approximate surface area is 151 Å². The van der Waals surface area contributed by atoms with Gasteiger partial charge in [0.15, 0.2) is 11.5 Å². The first-order valence-corrected chi connectivity index (χ1v) is 8.24. The first kappa shape index (κ1) is 17.8. The number of furan rings is 1. The Morgan fingerprint density at radius 3 is 2.62 bits per heavy atom. The van der Waals surface area contributed by atoms with E-state index in [0.717, 1.165) is 11.5 Å². The zero-order valence-corrected chi connectivity index (χ0v) is 14.7. The summed E-state index contributed by atoms with van der Waals surface area (Å²) in [5.74, 6) is 2.36. The average Bonchev–Trinajstić information content (AvgIpc) is 2.99. The van der Waals surface area contributed by atoms with Crippen LogP contribution in [-0.4, -0.2) is 43.6 Å². The molecule has 0 saturated carbocycles. The van der Waals surface area contributed by atoms with Gasteiger partial charge in [0.25, 0.3) is 0 Å². The van der Waals surface area contributed by atoms with Gasteiger partial charge in [-0.3, -0.25) is 15.0 Å². The third kappa shape index (κ3) is 4.76. The summed E-state index contributed by atoms with van der Waals surface area (Å²) in [7, 11) is 1.77. The number of benzene rings is 1. The quantitative estimate of drug-likeness (QED) is 0.850. The van der Waals surface area contributed by atoms with Crippen LogP contribution in [0.5, 0.6) is 11.5 Å². The Kier molecular flexibility index (Phi) is 5.43. The molecule has 26 heavy (non-hydrogen) atoms. The Hall–Kier alpha value is -3.00. The zero-order chi connectivity index (χ0) is 18.5. The fourth-order valence-corrected chi connectivity index (χ4v) is 2.59. The molecule has 3 amide bonds. The van der Waals surface area contributed by atoms with Crippen molar-refractivity contribution < 1.29 is 23.5 Å². The lowest BCUT2D eigenvalue weighted by molar-refractivity contribution is -0.120. The number of fused-ring (bicyclic) bond motifs is 1. The van der Waals surface area contributed by atoms with Gasteiger partial charge in [-0.05, 0) is 38.2 Å². The SMILES string of the molecule is Cc1ccc(CN(C)CC(=O)NC(=O)Nc2ccc3c(c2)OCCO3)o1. The van der Waals surface area contributed by atoms with E-state index in [2.05, 4.69) is 10.6 Å². The van der Waals surface area contributed by atoms with E-state index in [0.29, 0.717) is 36.9 Å². The summed E-state index contributed by atoms with van der Waals surface area (Å²) in [6, 6.07) is 8.18. The van der Waals surface area contributed by atoms with E-state index in [9.17, 15) is 9.59 Å². The summed E-state index contributed by atoms with van der Waals surface area (Å²) in [6.07, 6.45) is 0. The van der Waals surface area contributed by atoms with E-state index in [1.807, 2.05) is 19.1 Å². The van der Waals surface area contributed by atoms with Crippen molar-refractivity contribution in [2.24, 2.45) is 0 Å². The highest BCUT2D eigenvalue weighted by molar-refractivity contribution is 6.01. The van der Waals surface area contributed by atoms with Gasteiger partial charge in [0.05, 0.1) is 13.1 Å². The molecule has 0 atom stereocenters. The van der Waals surface area contributed by atoms with Crippen molar-refractivity contribution >= 4 is 17.6 Å². The molecule has 2 heterocycles. The van der Waals surface area contributed by atoms with Gasteiger partial charge in [0, 0.05) is 11.8 Å². The molecule has 1 aliphatic heterocycles. The van der Waals surface area contributed by atoms with Crippen LogP contribution in [0.25, 0.3) is 0 Å². The topological polar surface area (TPSA) is 93.0 Å². The number of nitrogens with one attached hydrogen (secondary N) is 2. The van der Waals surface area contributed by atoms with Gasteiger partial charge in [-0.25, -0.2) is 4.79 Å². The second kappa shape index (κ2) is 7.92. The molecular formula is C18H21N3O5. The molecule has 0 spiro atoms. The van der Waals surface area contributed by atoms with E-state index < -0.39 is 11.9 Å². The summed E-state index contributed by atoms with van der Waals surface area (Å²) in [4.78, 5) is 25.7. The number of likely N-dealkylation sites (N-methyl/N-ethyl adjacent to an activating group) is 1. The summed E-state index contributed by atoms with van der Waals surface area (Å²) in [5.41, 5.74) is 0.513. The predicted octanol–water partition coefficient (Wildman–Crippen LogP) is 2.14. The Bertz CT molecular complexity index is 802. The molecule has 0 radical (unpaired) electrons. The minimum absolute atomic E-state index is 0.0638. The maximum Gasteiger partial charge on any atom is 0.325 e. The highest BCUT2D eigenvalue weighted by Crippen LogP contribution is 2.32. The van der Waals surface area contributed by atoms with Crippen LogP contribution < -0.4 is 20.1 Å². The van der Waals surface area contributed by atoms with Crippen molar-refractivity contribution in [3.8, 4) is 11.5 Å². The molecule has 1 aromatic carbocycles. The van der Waals surface area contributed by atoms with E-state index in [-0.39, 0.29) is 6.54 Å². The lowest BCUT2D eigenvalue weighted by atomic mass is 10.2. The molecule has 138 valence electrons. The highest BCUT2D eigenvalue weighted by atomic mass is 16.6. The number of hydrogen-bond donors (Lipinski definition) is 2. The van der Waals surface area contributed by atoms with E-state index in [1.54, 1.807) is 30.1 Å². The first-order valence-electron chi connectivity index (χ1n) is 8.24. The van der Waals surface area contributed by atoms with Crippen molar-refractivity contribution in [3.63, 3.8) is 0 Å².